The van der Waals surface area contributed by atoms with Crippen LogP contribution in [0, 0.1) is 0 Å². The van der Waals surface area contributed by atoms with Gasteiger partial charge in [-0.05, 0) is 5.56 Å². The molecule has 0 aliphatic rings. The van der Waals surface area contributed by atoms with Crippen molar-refractivity contribution in [3.8, 4) is 0 Å². The predicted molar refractivity (Wildman–Crippen MR) is 80.8 cm³/mol. The van der Waals surface area contributed by atoms with Crippen LogP contribution in [0.3, 0.4) is 0 Å². The molecule has 5 heteroatoms. The maximum Gasteiger partial charge on any atom is 0.249 e. The molecular weight excluding hydrogens is 266 g/mol. The first-order chi connectivity index (χ1) is 10.2. The van der Waals surface area contributed by atoms with Gasteiger partial charge in [-0.1, -0.05) is 37.3 Å². The van der Waals surface area contributed by atoms with Crippen LogP contribution < -0.4 is 5.32 Å². The van der Waals surface area contributed by atoms with Crippen molar-refractivity contribution in [3.05, 3.63) is 54.1 Å². The Balaban J connectivity index is 1.76. The average molecular weight is 287 g/mol. The molecule has 2 aromatic rings. The molecule has 112 valence electrons. The van der Waals surface area contributed by atoms with Gasteiger partial charge in [-0.25, -0.2) is 4.98 Å². The molecule has 1 aromatic carbocycles. The summed E-state index contributed by atoms with van der Waals surface area (Å²) < 4.78 is 2.00. The zero-order chi connectivity index (χ0) is 15.1. The summed E-state index contributed by atoms with van der Waals surface area (Å²) in [5, 5.41) is 12.7. The first-order valence-electron chi connectivity index (χ1n) is 7.20. The fourth-order valence-corrected chi connectivity index (χ4v) is 2.21. The lowest BCUT2D eigenvalue weighted by Crippen LogP contribution is -2.37. The van der Waals surface area contributed by atoms with Crippen LogP contribution in [0.15, 0.2) is 42.7 Å². The summed E-state index contributed by atoms with van der Waals surface area (Å²) in [6.45, 7) is 3.18. The van der Waals surface area contributed by atoms with Gasteiger partial charge in [0, 0.05) is 38.3 Å². The van der Waals surface area contributed by atoms with Gasteiger partial charge in [0.1, 0.15) is 11.9 Å². The van der Waals surface area contributed by atoms with E-state index in [4.69, 9.17) is 0 Å². The van der Waals surface area contributed by atoms with E-state index in [9.17, 15) is 9.90 Å². The second-order valence-corrected chi connectivity index (χ2v) is 4.89. The fraction of sp³-hybridized carbons (Fsp3) is 0.375. The van der Waals surface area contributed by atoms with Crippen molar-refractivity contribution in [2.75, 3.05) is 6.54 Å². The molecule has 21 heavy (non-hydrogen) atoms. The summed E-state index contributed by atoms with van der Waals surface area (Å²) in [5.41, 5.74) is 0.947. The number of carbonyl (C=O) groups is 1. The van der Waals surface area contributed by atoms with Gasteiger partial charge < -0.3 is 15.0 Å². The zero-order valence-electron chi connectivity index (χ0n) is 12.2. The molecule has 0 unspecified atom stereocenters. The summed E-state index contributed by atoms with van der Waals surface area (Å²) >= 11 is 0. The van der Waals surface area contributed by atoms with E-state index in [1.165, 1.54) is 0 Å². The third kappa shape index (κ3) is 4.43. The monoisotopic (exact) mass is 287 g/mol. The van der Waals surface area contributed by atoms with E-state index < -0.39 is 6.10 Å². The molecule has 0 radical (unpaired) electrons. The molecule has 5 nitrogen and oxygen atoms in total. The Morgan fingerprint density at radius 3 is 2.86 bits per heavy atom. The number of benzene rings is 1. The van der Waals surface area contributed by atoms with Crippen LogP contribution in [-0.4, -0.2) is 33.2 Å². The number of nitrogens with zero attached hydrogens (tertiary/aromatic N) is 2. The average Bonchev–Trinajstić information content (AvgIpc) is 2.95. The van der Waals surface area contributed by atoms with Crippen molar-refractivity contribution in [1.29, 1.82) is 0 Å². The van der Waals surface area contributed by atoms with E-state index in [0.29, 0.717) is 19.5 Å². The van der Waals surface area contributed by atoms with E-state index in [1.54, 1.807) is 6.20 Å². The molecular formula is C16H21N3O2. The van der Waals surface area contributed by atoms with E-state index in [-0.39, 0.29) is 5.91 Å². The molecule has 1 amide bonds. The molecule has 1 atom stereocenters. The minimum Gasteiger partial charge on any atom is -0.383 e. The van der Waals surface area contributed by atoms with Gasteiger partial charge in [0.15, 0.2) is 0 Å². The molecule has 0 spiro atoms. The SMILES string of the molecule is CCc1nccn1CCNC(=O)[C@@H](O)Cc1ccccc1. The largest absolute Gasteiger partial charge is 0.383 e. The molecule has 0 bridgehead atoms. The highest BCUT2D eigenvalue weighted by Crippen LogP contribution is 2.03. The van der Waals surface area contributed by atoms with Gasteiger partial charge in [-0.3, -0.25) is 4.79 Å². The molecule has 0 aliphatic carbocycles. The number of aromatic nitrogens is 2. The highest BCUT2D eigenvalue weighted by molar-refractivity contribution is 5.80. The van der Waals surface area contributed by atoms with Gasteiger partial charge in [0.05, 0.1) is 0 Å². The number of aliphatic hydroxyl groups is 1. The zero-order valence-corrected chi connectivity index (χ0v) is 12.2. The lowest BCUT2D eigenvalue weighted by atomic mass is 10.1. The van der Waals surface area contributed by atoms with Gasteiger partial charge in [0.2, 0.25) is 5.91 Å². The van der Waals surface area contributed by atoms with Crippen LogP contribution in [0.25, 0.3) is 0 Å². The number of amides is 1. The number of carbonyl (C=O) groups excluding carboxylic acids is 1. The Hall–Kier alpha value is -2.14. The molecule has 1 aromatic heterocycles. The first-order valence-corrected chi connectivity index (χ1v) is 7.20. The number of hydrogen-bond donors (Lipinski definition) is 2. The van der Waals surface area contributed by atoms with Gasteiger partial charge in [0.25, 0.3) is 0 Å². The van der Waals surface area contributed by atoms with E-state index in [2.05, 4.69) is 10.3 Å². The summed E-state index contributed by atoms with van der Waals surface area (Å²) in [7, 11) is 0. The Morgan fingerprint density at radius 1 is 1.38 bits per heavy atom. The Labute approximate surface area is 124 Å². The smallest absolute Gasteiger partial charge is 0.249 e. The van der Waals surface area contributed by atoms with Gasteiger partial charge in [-0.2, -0.15) is 0 Å². The fourth-order valence-electron chi connectivity index (χ4n) is 2.21. The highest BCUT2D eigenvalue weighted by Gasteiger charge is 2.14. The van der Waals surface area contributed by atoms with Crippen molar-refractivity contribution in [2.45, 2.75) is 32.4 Å². The Kier molecular flexibility index (Phi) is 5.51. The summed E-state index contributed by atoms with van der Waals surface area (Å²) in [6.07, 6.45) is 3.83. The van der Waals surface area contributed by atoms with Crippen molar-refractivity contribution in [3.63, 3.8) is 0 Å². The molecule has 0 saturated carbocycles. The van der Waals surface area contributed by atoms with Crippen LogP contribution in [0.2, 0.25) is 0 Å². The number of aliphatic hydroxyl groups excluding tert-OH is 1. The number of imidazole rings is 1. The third-order valence-electron chi connectivity index (χ3n) is 3.34. The topological polar surface area (TPSA) is 67.2 Å². The number of aryl methyl sites for hydroxylation is 1. The van der Waals surface area contributed by atoms with Gasteiger partial charge in [-0.15, -0.1) is 0 Å². The Morgan fingerprint density at radius 2 is 2.14 bits per heavy atom. The summed E-state index contributed by atoms with van der Waals surface area (Å²) in [4.78, 5) is 16.1. The number of rotatable bonds is 7. The number of nitrogens with one attached hydrogen (secondary N) is 1. The van der Waals surface area contributed by atoms with Crippen LogP contribution in [0.4, 0.5) is 0 Å². The summed E-state index contributed by atoms with van der Waals surface area (Å²) in [5.74, 6) is 0.658. The second kappa shape index (κ2) is 7.59. The van der Waals surface area contributed by atoms with Crippen LogP contribution in [0.1, 0.15) is 18.3 Å². The molecule has 2 rings (SSSR count). The molecule has 0 saturated heterocycles. The maximum absolute atomic E-state index is 11.8. The minimum atomic E-state index is -1.01. The molecule has 0 aliphatic heterocycles. The normalized spacial score (nSPS) is 12.1. The maximum atomic E-state index is 11.8. The standard InChI is InChI=1S/C16H21N3O2/c1-2-15-17-8-10-19(15)11-9-18-16(21)14(20)12-13-6-4-3-5-7-13/h3-8,10,14,20H,2,9,11-12H2,1H3,(H,18,21)/t14-/m0/s1. The molecule has 0 fully saturated rings. The van der Waals surface area contributed by atoms with Crippen LogP contribution >= 0.6 is 0 Å². The van der Waals surface area contributed by atoms with E-state index in [0.717, 1.165) is 17.8 Å². The highest BCUT2D eigenvalue weighted by atomic mass is 16.3. The predicted octanol–water partition coefficient (Wildman–Crippen LogP) is 1.17. The van der Waals surface area contributed by atoms with Gasteiger partial charge >= 0.3 is 0 Å². The second-order valence-electron chi connectivity index (χ2n) is 4.89. The molecule has 1 heterocycles. The van der Waals surface area contributed by atoms with Crippen molar-refractivity contribution < 1.29 is 9.90 Å². The van der Waals surface area contributed by atoms with Crippen molar-refractivity contribution >= 4 is 5.91 Å². The molecule has 2 N–H and O–H groups in total. The van der Waals surface area contributed by atoms with E-state index in [1.807, 2.05) is 48.0 Å². The first kappa shape index (κ1) is 15.3. The van der Waals surface area contributed by atoms with Crippen molar-refractivity contribution in [2.24, 2.45) is 0 Å². The third-order valence-corrected chi connectivity index (χ3v) is 3.34. The summed E-state index contributed by atoms with van der Waals surface area (Å²) in [6, 6.07) is 9.49. The van der Waals surface area contributed by atoms with Crippen LogP contribution in [-0.2, 0) is 24.2 Å². The van der Waals surface area contributed by atoms with Crippen molar-refractivity contribution in [1.82, 2.24) is 14.9 Å². The number of hydrogen-bond acceptors (Lipinski definition) is 3. The van der Waals surface area contributed by atoms with E-state index >= 15 is 0 Å². The minimum absolute atomic E-state index is 0.331. The Bertz CT molecular complexity index is 566. The van der Waals surface area contributed by atoms with Crippen LogP contribution in [0.5, 0.6) is 0 Å². The lowest BCUT2D eigenvalue weighted by molar-refractivity contribution is -0.129. The quantitative estimate of drug-likeness (QED) is 0.803. The lowest BCUT2D eigenvalue weighted by Gasteiger charge is -2.12.